The lowest BCUT2D eigenvalue weighted by Gasteiger charge is -2.07. The molecule has 0 saturated heterocycles. The number of hydrogen-bond acceptors (Lipinski definition) is 2. The van der Waals surface area contributed by atoms with Gasteiger partial charge in [0.1, 0.15) is 5.75 Å². The molecule has 0 aliphatic heterocycles. The monoisotopic (exact) mass is 242 g/mol. The van der Waals surface area contributed by atoms with Gasteiger partial charge in [-0.2, -0.15) is 0 Å². The van der Waals surface area contributed by atoms with E-state index in [9.17, 15) is 4.79 Å². The van der Waals surface area contributed by atoms with E-state index in [0.717, 1.165) is 0 Å². The summed E-state index contributed by atoms with van der Waals surface area (Å²) in [6, 6.07) is 7.21. The van der Waals surface area contributed by atoms with Crippen molar-refractivity contribution in [2.75, 3.05) is 7.11 Å². The molecule has 0 aliphatic carbocycles. The summed E-state index contributed by atoms with van der Waals surface area (Å²) in [6.45, 7) is 1.80. The van der Waals surface area contributed by atoms with Gasteiger partial charge in [-0.3, -0.25) is 4.79 Å². The highest BCUT2D eigenvalue weighted by molar-refractivity contribution is 9.10. The molecule has 70 valence electrons. The topological polar surface area (TPSA) is 26.3 Å². The highest BCUT2D eigenvalue weighted by atomic mass is 79.9. The van der Waals surface area contributed by atoms with Crippen LogP contribution in [0.1, 0.15) is 17.3 Å². The van der Waals surface area contributed by atoms with Crippen LogP contribution >= 0.6 is 15.9 Å². The molecule has 0 saturated carbocycles. The van der Waals surface area contributed by atoms with Crippen molar-refractivity contribution in [2.24, 2.45) is 0 Å². The van der Waals surface area contributed by atoms with Crippen LogP contribution in [0.25, 0.3) is 0 Å². The summed E-state index contributed by atoms with van der Waals surface area (Å²) in [5.74, 6) is 0.663. The molecule has 2 nitrogen and oxygen atoms in total. The molecule has 0 fully saturated rings. The van der Waals surface area contributed by atoms with Crippen LogP contribution in [0, 0.1) is 0 Å². The Morgan fingerprint density at radius 1 is 1.46 bits per heavy atom. The van der Waals surface area contributed by atoms with E-state index in [4.69, 9.17) is 4.74 Å². The first-order valence-electron chi connectivity index (χ1n) is 3.98. The van der Waals surface area contributed by atoms with Gasteiger partial charge in [0.15, 0.2) is 5.78 Å². The zero-order valence-electron chi connectivity index (χ0n) is 7.58. The van der Waals surface area contributed by atoms with Gasteiger partial charge in [-0.25, -0.2) is 0 Å². The number of hydrogen-bond donors (Lipinski definition) is 0. The van der Waals surface area contributed by atoms with Crippen molar-refractivity contribution in [1.29, 1.82) is 0 Å². The first-order valence-corrected chi connectivity index (χ1v) is 4.89. The van der Waals surface area contributed by atoms with Gasteiger partial charge in [0.25, 0.3) is 0 Å². The normalized spacial score (nSPS) is 12.2. The highest BCUT2D eigenvalue weighted by Crippen LogP contribution is 2.20. The maximum Gasteiger partial charge on any atom is 0.179 e. The molecule has 0 aromatic heterocycles. The van der Waals surface area contributed by atoms with E-state index in [1.54, 1.807) is 26.2 Å². The summed E-state index contributed by atoms with van der Waals surface area (Å²) < 4.78 is 5.07. The van der Waals surface area contributed by atoms with Crippen LogP contribution in [0.15, 0.2) is 24.3 Å². The number of alkyl halides is 1. The zero-order valence-corrected chi connectivity index (χ0v) is 9.17. The Kier molecular flexibility index (Phi) is 3.48. The third kappa shape index (κ3) is 2.31. The van der Waals surface area contributed by atoms with Crippen LogP contribution in [0.5, 0.6) is 5.75 Å². The third-order valence-corrected chi connectivity index (χ3v) is 2.15. The number of carbonyl (C=O) groups excluding carboxylic acids is 1. The molecule has 1 rings (SSSR count). The summed E-state index contributed by atoms with van der Waals surface area (Å²) >= 11 is 3.23. The number of para-hydroxylation sites is 1. The minimum Gasteiger partial charge on any atom is -0.496 e. The largest absolute Gasteiger partial charge is 0.496 e. The molecular weight excluding hydrogens is 232 g/mol. The van der Waals surface area contributed by atoms with Crippen LogP contribution in [0.4, 0.5) is 0 Å². The number of rotatable bonds is 3. The van der Waals surface area contributed by atoms with E-state index in [0.29, 0.717) is 11.3 Å². The van der Waals surface area contributed by atoms with E-state index in [-0.39, 0.29) is 10.6 Å². The Morgan fingerprint density at radius 2 is 2.08 bits per heavy atom. The lowest BCUT2D eigenvalue weighted by atomic mass is 10.1. The number of halogens is 1. The number of Topliss-reactive ketones (excluding diaryl/α,β-unsaturated/α-hetero) is 1. The van der Waals surface area contributed by atoms with E-state index < -0.39 is 0 Å². The predicted molar refractivity (Wildman–Crippen MR) is 55.7 cm³/mol. The molecule has 1 aromatic rings. The van der Waals surface area contributed by atoms with Gasteiger partial charge in [-0.15, -0.1) is 0 Å². The third-order valence-electron chi connectivity index (χ3n) is 1.73. The van der Waals surface area contributed by atoms with Crippen LogP contribution in [0.2, 0.25) is 0 Å². The van der Waals surface area contributed by atoms with E-state index in [2.05, 4.69) is 15.9 Å². The van der Waals surface area contributed by atoms with Gasteiger partial charge in [0.05, 0.1) is 17.5 Å². The fraction of sp³-hybridized carbons (Fsp3) is 0.300. The summed E-state index contributed by atoms with van der Waals surface area (Å²) in [4.78, 5) is 11.4. The van der Waals surface area contributed by atoms with Gasteiger partial charge >= 0.3 is 0 Å². The van der Waals surface area contributed by atoms with E-state index in [1.165, 1.54) is 0 Å². The molecule has 13 heavy (non-hydrogen) atoms. The lowest BCUT2D eigenvalue weighted by molar-refractivity contribution is 0.0993. The number of carbonyl (C=O) groups is 1. The summed E-state index contributed by atoms with van der Waals surface area (Å²) in [7, 11) is 1.56. The quantitative estimate of drug-likeness (QED) is 0.602. The fourth-order valence-corrected chi connectivity index (χ4v) is 1.31. The Labute approximate surface area is 86.0 Å². The van der Waals surface area contributed by atoms with Crippen molar-refractivity contribution in [2.45, 2.75) is 11.8 Å². The molecule has 0 unspecified atom stereocenters. The average Bonchev–Trinajstić information content (AvgIpc) is 2.16. The molecule has 1 aromatic carbocycles. The number of ketones is 1. The van der Waals surface area contributed by atoms with Crippen LogP contribution in [-0.2, 0) is 0 Å². The first kappa shape index (κ1) is 10.3. The summed E-state index contributed by atoms with van der Waals surface area (Å²) in [6.07, 6.45) is 0. The minimum absolute atomic E-state index is 0.0393. The Hall–Kier alpha value is -0.830. The smallest absolute Gasteiger partial charge is 0.179 e. The van der Waals surface area contributed by atoms with Crippen molar-refractivity contribution in [3.8, 4) is 5.75 Å². The summed E-state index contributed by atoms with van der Waals surface area (Å²) in [5, 5.41) is 0. The van der Waals surface area contributed by atoms with Crippen LogP contribution in [-0.4, -0.2) is 17.7 Å². The molecule has 0 heterocycles. The molecule has 0 N–H and O–H groups in total. The molecule has 3 heteroatoms. The van der Waals surface area contributed by atoms with Crippen molar-refractivity contribution in [1.82, 2.24) is 0 Å². The van der Waals surface area contributed by atoms with Crippen molar-refractivity contribution >= 4 is 21.7 Å². The SMILES string of the molecule is COc1ccccc1C(=O)[C@@H](C)Br. The molecule has 1 atom stereocenters. The van der Waals surface area contributed by atoms with Crippen molar-refractivity contribution < 1.29 is 9.53 Å². The number of ether oxygens (including phenoxy) is 1. The molecule has 0 spiro atoms. The molecule has 0 radical (unpaired) electrons. The second-order valence-electron chi connectivity index (χ2n) is 2.68. The Morgan fingerprint density at radius 3 is 2.62 bits per heavy atom. The maximum absolute atomic E-state index is 11.6. The van der Waals surface area contributed by atoms with Crippen LogP contribution < -0.4 is 4.74 Å². The van der Waals surface area contributed by atoms with Gasteiger partial charge in [-0.05, 0) is 19.1 Å². The van der Waals surface area contributed by atoms with E-state index >= 15 is 0 Å². The second kappa shape index (κ2) is 4.42. The lowest BCUT2D eigenvalue weighted by Crippen LogP contribution is -2.11. The highest BCUT2D eigenvalue weighted by Gasteiger charge is 2.15. The average molecular weight is 243 g/mol. The van der Waals surface area contributed by atoms with Gasteiger partial charge in [0.2, 0.25) is 0 Å². The second-order valence-corrected chi connectivity index (χ2v) is 4.05. The zero-order chi connectivity index (χ0) is 9.84. The van der Waals surface area contributed by atoms with Crippen molar-refractivity contribution in [3.05, 3.63) is 29.8 Å². The van der Waals surface area contributed by atoms with E-state index in [1.807, 2.05) is 12.1 Å². The standard InChI is InChI=1S/C10H11BrO2/c1-7(11)10(12)8-5-3-4-6-9(8)13-2/h3-7H,1-2H3/t7-/m1/s1. The Balaban J connectivity index is 3.06. The number of methoxy groups -OCH3 is 1. The molecule has 0 amide bonds. The predicted octanol–water partition coefficient (Wildman–Crippen LogP) is 2.66. The first-order chi connectivity index (χ1) is 6.16. The number of benzene rings is 1. The summed E-state index contributed by atoms with van der Waals surface area (Å²) in [5.41, 5.74) is 0.620. The van der Waals surface area contributed by atoms with Gasteiger partial charge in [0, 0.05) is 0 Å². The Bertz CT molecular complexity index is 308. The maximum atomic E-state index is 11.6. The van der Waals surface area contributed by atoms with Crippen LogP contribution in [0.3, 0.4) is 0 Å². The molecule has 0 bridgehead atoms. The molecule has 0 aliphatic rings. The minimum atomic E-state index is -0.177. The van der Waals surface area contributed by atoms with Crippen molar-refractivity contribution in [3.63, 3.8) is 0 Å². The fourth-order valence-electron chi connectivity index (χ4n) is 1.06. The van der Waals surface area contributed by atoms with Gasteiger partial charge < -0.3 is 4.74 Å². The molecular formula is C10H11BrO2. The van der Waals surface area contributed by atoms with Gasteiger partial charge in [-0.1, -0.05) is 28.1 Å².